The van der Waals surface area contributed by atoms with Gasteiger partial charge in [0.25, 0.3) is 0 Å². The van der Waals surface area contributed by atoms with Gasteiger partial charge in [-0.05, 0) is 36.8 Å². The van der Waals surface area contributed by atoms with Crippen molar-refractivity contribution in [3.8, 4) is 0 Å². The third kappa shape index (κ3) is 5.32. The van der Waals surface area contributed by atoms with Crippen molar-refractivity contribution in [3.05, 3.63) is 54.1 Å². The van der Waals surface area contributed by atoms with Gasteiger partial charge in [-0.25, -0.2) is 12.7 Å². The van der Waals surface area contributed by atoms with E-state index in [9.17, 15) is 13.2 Å². The van der Waals surface area contributed by atoms with Crippen LogP contribution in [0.15, 0.2) is 58.3 Å². The van der Waals surface area contributed by atoms with Crippen LogP contribution in [0, 0.1) is 6.92 Å². The molecular formula is C18H22N2O3S2. The molecule has 0 aliphatic heterocycles. The normalized spacial score (nSPS) is 11.5. The zero-order chi connectivity index (χ0) is 18.4. The van der Waals surface area contributed by atoms with E-state index in [2.05, 4.69) is 5.32 Å². The van der Waals surface area contributed by atoms with Crippen molar-refractivity contribution in [1.29, 1.82) is 0 Å². The molecule has 0 heterocycles. The molecule has 0 saturated carbocycles. The van der Waals surface area contributed by atoms with E-state index in [-0.39, 0.29) is 10.8 Å². The van der Waals surface area contributed by atoms with Crippen molar-refractivity contribution in [2.45, 2.75) is 23.1 Å². The van der Waals surface area contributed by atoms with E-state index in [0.717, 1.165) is 9.20 Å². The lowest BCUT2D eigenvalue weighted by molar-refractivity contribution is -0.115. The number of rotatable bonds is 7. The highest BCUT2D eigenvalue weighted by atomic mass is 32.2. The molecule has 0 bridgehead atoms. The minimum Gasteiger partial charge on any atom is -0.326 e. The van der Waals surface area contributed by atoms with Crippen LogP contribution in [0.4, 0.5) is 5.69 Å². The number of benzene rings is 2. The van der Waals surface area contributed by atoms with E-state index >= 15 is 0 Å². The molecule has 0 aliphatic carbocycles. The largest absolute Gasteiger partial charge is 0.326 e. The molecule has 5 nitrogen and oxygen atoms in total. The first-order chi connectivity index (χ1) is 11.8. The molecular weight excluding hydrogens is 356 g/mol. The third-order valence-corrected chi connectivity index (χ3v) is 6.54. The highest BCUT2D eigenvalue weighted by Gasteiger charge is 2.20. The highest BCUT2D eigenvalue weighted by molar-refractivity contribution is 7.99. The molecule has 2 aromatic carbocycles. The van der Waals surface area contributed by atoms with E-state index in [1.54, 1.807) is 30.8 Å². The summed E-state index contributed by atoms with van der Waals surface area (Å²) >= 11 is 1.61. The molecule has 2 rings (SSSR count). The summed E-state index contributed by atoms with van der Waals surface area (Å²) in [4.78, 5) is 13.4. The number of sulfonamides is 1. The molecule has 134 valence electrons. The number of thioether (sulfide) groups is 1. The van der Waals surface area contributed by atoms with Gasteiger partial charge in [0.1, 0.15) is 0 Å². The van der Waals surface area contributed by atoms with Crippen LogP contribution >= 0.6 is 11.8 Å². The van der Waals surface area contributed by atoms with Gasteiger partial charge in [-0.2, -0.15) is 0 Å². The van der Waals surface area contributed by atoms with Crippen LogP contribution in [0.25, 0.3) is 0 Å². The Hall–Kier alpha value is -1.83. The summed E-state index contributed by atoms with van der Waals surface area (Å²) in [6.45, 7) is 1.73. The molecule has 0 unspecified atom stereocenters. The number of anilines is 1. The first kappa shape index (κ1) is 19.5. The number of carbonyl (C=O) groups excluding carboxylic acids is 1. The van der Waals surface area contributed by atoms with Gasteiger partial charge in [-0.15, -0.1) is 11.8 Å². The quantitative estimate of drug-likeness (QED) is 0.750. The summed E-state index contributed by atoms with van der Waals surface area (Å²) in [5.74, 6) is 0.519. The molecule has 25 heavy (non-hydrogen) atoms. The van der Waals surface area contributed by atoms with Crippen LogP contribution in [-0.4, -0.2) is 38.5 Å². The summed E-state index contributed by atoms with van der Waals surface area (Å²) in [5, 5.41) is 2.77. The Kier molecular flexibility index (Phi) is 6.64. The molecule has 7 heteroatoms. The molecule has 0 saturated heterocycles. The highest BCUT2D eigenvalue weighted by Crippen LogP contribution is 2.23. The molecule has 1 amide bonds. The van der Waals surface area contributed by atoms with Gasteiger partial charge in [0.2, 0.25) is 15.9 Å². The standard InChI is InChI=1S/C18H22N2O3S2/c1-14-9-10-15(13-17(14)25(22,23)20(2)3)19-18(21)11-12-24-16-7-5-4-6-8-16/h4-10,13H,11-12H2,1-3H3,(H,19,21). The second kappa shape index (κ2) is 8.51. The van der Waals surface area contributed by atoms with Crippen LogP contribution in [0.5, 0.6) is 0 Å². The van der Waals surface area contributed by atoms with E-state index in [1.807, 2.05) is 30.3 Å². The van der Waals surface area contributed by atoms with Gasteiger partial charge < -0.3 is 5.32 Å². The predicted molar refractivity (Wildman–Crippen MR) is 102 cm³/mol. The van der Waals surface area contributed by atoms with Gasteiger partial charge in [-0.3, -0.25) is 4.79 Å². The number of aryl methyl sites for hydroxylation is 1. The molecule has 2 aromatic rings. The van der Waals surface area contributed by atoms with Crippen LogP contribution in [0.2, 0.25) is 0 Å². The zero-order valence-electron chi connectivity index (χ0n) is 14.5. The van der Waals surface area contributed by atoms with Gasteiger partial charge in [0, 0.05) is 36.9 Å². The fourth-order valence-corrected chi connectivity index (χ4v) is 4.17. The van der Waals surface area contributed by atoms with Crippen molar-refractivity contribution in [2.75, 3.05) is 25.2 Å². The van der Waals surface area contributed by atoms with Crippen molar-refractivity contribution >= 4 is 33.4 Å². The molecule has 0 aliphatic rings. The lowest BCUT2D eigenvalue weighted by Crippen LogP contribution is -2.23. The average Bonchev–Trinajstić information content (AvgIpc) is 2.57. The van der Waals surface area contributed by atoms with Crippen LogP contribution in [-0.2, 0) is 14.8 Å². The maximum atomic E-state index is 12.3. The summed E-state index contributed by atoms with van der Waals surface area (Å²) in [6.07, 6.45) is 0.350. The SMILES string of the molecule is Cc1ccc(NC(=O)CCSc2ccccc2)cc1S(=O)(=O)N(C)C. The lowest BCUT2D eigenvalue weighted by Gasteiger charge is -2.15. The monoisotopic (exact) mass is 378 g/mol. The Bertz CT molecular complexity index is 835. The smallest absolute Gasteiger partial charge is 0.242 e. The van der Waals surface area contributed by atoms with Gasteiger partial charge in [-0.1, -0.05) is 24.3 Å². The molecule has 1 N–H and O–H groups in total. The average molecular weight is 379 g/mol. The second-order valence-corrected chi connectivity index (χ2v) is 9.02. The van der Waals surface area contributed by atoms with Gasteiger partial charge in [0.05, 0.1) is 4.90 Å². The Morgan fingerprint density at radius 1 is 1.12 bits per heavy atom. The Morgan fingerprint density at radius 2 is 1.80 bits per heavy atom. The molecule has 0 radical (unpaired) electrons. The molecule has 0 spiro atoms. The van der Waals surface area contributed by atoms with Crippen LogP contribution in [0.1, 0.15) is 12.0 Å². The van der Waals surface area contributed by atoms with E-state index in [0.29, 0.717) is 23.4 Å². The summed E-state index contributed by atoms with van der Waals surface area (Å²) in [5.41, 5.74) is 1.13. The number of carbonyl (C=O) groups is 1. The second-order valence-electron chi connectivity index (χ2n) is 5.73. The van der Waals surface area contributed by atoms with E-state index < -0.39 is 10.0 Å². The Labute approximate surface area is 153 Å². The van der Waals surface area contributed by atoms with Crippen LogP contribution < -0.4 is 5.32 Å². The van der Waals surface area contributed by atoms with Gasteiger partial charge in [0.15, 0.2) is 0 Å². The third-order valence-electron chi connectivity index (χ3n) is 3.57. The maximum Gasteiger partial charge on any atom is 0.242 e. The first-order valence-corrected chi connectivity index (χ1v) is 10.2. The number of nitrogens with zero attached hydrogens (tertiary/aromatic N) is 1. The topological polar surface area (TPSA) is 66.5 Å². The minimum absolute atomic E-state index is 0.138. The van der Waals surface area contributed by atoms with E-state index in [4.69, 9.17) is 0 Å². The van der Waals surface area contributed by atoms with E-state index in [1.165, 1.54) is 20.2 Å². The maximum absolute atomic E-state index is 12.3. The minimum atomic E-state index is -3.54. The zero-order valence-corrected chi connectivity index (χ0v) is 16.2. The lowest BCUT2D eigenvalue weighted by atomic mass is 10.2. The van der Waals surface area contributed by atoms with Crippen molar-refractivity contribution in [3.63, 3.8) is 0 Å². The Balaban J connectivity index is 1.99. The summed E-state index contributed by atoms with van der Waals surface area (Å²) < 4.78 is 25.8. The Morgan fingerprint density at radius 3 is 2.44 bits per heavy atom. The molecule has 0 aromatic heterocycles. The van der Waals surface area contributed by atoms with Crippen molar-refractivity contribution in [2.24, 2.45) is 0 Å². The fraction of sp³-hybridized carbons (Fsp3) is 0.278. The molecule has 0 atom stereocenters. The predicted octanol–water partition coefficient (Wildman–Crippen LogP) is 3.37. The first-order valence-electron chi connectivity index (χ1n) is 7.81. The number of nitrogens with one attached hydrogen (secondary N) is 1. The van der Waals surface area contributed by atoms with Crippen molar-refractivity contribution in [1.82, 2.24) is 4.31 Å². The summed E-state index contributed by atoms with van der Waals surface area (Å²) in [6, 6.07) is 14.8. The fourth-order valence-electron chi connectivity index (χ4n) is 2.15. The number of amides is 1. The van der Waals surface area contributed by atoms with Gasteiger partial charge >= 0.3 is 0 Å². The number of hydrogen-bond donors (Lipinski definition) is 1. The molecule has 0 fully saturated rings. The van der Waals surface area contributed by atoms with Crippen molar-refractivity contribution < 1.29 is 13.2 Å². The van der Waals surface area contributed by atoms with Crippen LogP contribution in [0.3, 0.4) is 0 Å². The number of hydrogen-bond acceptors (Lipinski definition) is 4. The summed E-state index contributed by atoms with van der Waals surface area (Å²) in [7, 11) is -0.567.